The molecule has 1 aromatic carbocycles. The molecule has 1 N–H and O–H groups in total. The van der Waals surface area contributed by atoms with Gasteiger partial charge in [-0.1, -0.05) is 38.8 Å². The average molecular weight is 291 g/mol. The van der Waals surface area contributed by atoms with Crippen molar-refractivity contribution in [1.82, 2.24) is 0 Å². The van der Waals surface area contributed by atoms with Crippen molar-refractivity contribution in [3.63, 3.8) is 0 Å². The largest absolute Gasteiger partial charge is 0.462 e. The normalized spacial score (nSPS) is 11.8. The van der Waals surface area contributed by atoms with Crippen LogP contribution in [0.3, 0.4) is 0 Å². The van der Waals surface area contributed by atoms with E-state index in [0.717, 1.165) is 25.7 Å². The highest BCUT2D eigenvalue weighted by Gasteiger charge is 2.19. The van der Waals surface area contributed by atoms with Crippen LogP contribution in [0.4, 0.5) is 5.69 Å². The molecule has 4 heteroatoms. The minimum Gasteiger partial charge on any atom is -0.462 e. The van der Waals surface area contributed by atoms with Crippen LogP contribution in [0.25, 0.3) is 0 Å². The molecule has 0 aromatic heterocycles. The van der Waals surface area contributed by atoms with E-state index >= 15 is 0 Å². The third kappa shape index (κ3) is 5.21. The van der Waals surface area contributed by atoms with Crippen LogP contribution in [0.1, 0.15) is 56.8 Å². The molecule has 1 amide bonds. The van der Waals surface area contributed by atoms with E-state index in [-0.39, 0.29) is 11.8 Å². The van der Waals surface area contributed by atoms with Crippen LogP contribution >= 0.6 is 0 Å². The number of anilines is 1. The number of hydrogen-bond acceptors (Lipinski definition) is 3. The zero-order chi connectivity index (χ0) is 15.7. The van der Waals surface area contributed by atoms with Crippen LogP contribution in [-0.2, 0) is 9.53 Å². The summed E-state index contributed by atoms with van der Waals surface area (Å²) in [5, 5.41) is 2.87. The van der Waals surface area contributed by atoms with E-state index in [4.69, 9.17) is 4.74 Å². The van der Waals surface area contributed by atoms with Crippen molar-refractivity contribution >= 4 is 17.6 Å². The van der Waals surface area contributed by atoms with Gasteiger partial charge < -0.3 is 10.1 Å². The summed E-state index contributed by atoms with van der Waals surface area (Å²) in [6.45, 7) is 6.20. The minimum absolute atomic E-state index is 0.0137. The topological polar surface area (TPSA) is 55.4 Å². The van der Waals surface area contributed by atoms with E-state index in [2.05, 4.69) is 12.2 Å². The second-order valence-corrected chi connectivity index (χ2v) is 5.00. The molecule has 116 valence electrons. The number of unbranched alkanes of at least 4 members (excludes halogenated alkanes) is 1. The van der Waals surface area contributed by atoms with Crippen LogP contribution in [0.2, 0.25) is 0 Å². The fraction of sp³-hybridized carbons (Fsp3) is 0.529. The fourth-order valence-corrected chi connectivity index (χ4v) is 2.18. The van der Waals surface area contributed by atoms with Gasteiger partial charge in [-0.05, 0) is 31.9 Å². The maximum Gasteiger partial charge on any atom is 0.340 e. The Morgan fingerprint density at radius 2 is 1.90 bits per heavy atom. The second kappa shape index (κ2) is 9.16. The van der Waals surface area contributed by atoms with Gasteiger partial charge in [0, 0.05) is 5.92 Å². The SMILES string of the molecule is CCCCC(CC)C(=O)Nc1ccccc1C(=O)OCC. The molecule has 1 unspecified atom stereocenters. The van der Waals surface area contributed by atoms with E-state index < -0.39 is 5.97 Å². The lowest BCUT2D eigenvalue weighted by molar-refractivity contribution is -0.120. The summed E-state index contributed by atoms with van der Waals surface area (Å²) in [5.74, 6) is -0.446. The van der Waals surface area contributed by atoms with Crippen molar-refractivity contribution < 1.29 is 14.3 Å². The summed E-state index contributed by atoms with van der Waals surface area (Å²) >= 11 is 0. The van der Waals surface area contributed by atoms with Gasteiger partial charge in [-0.2, -0.15) is 0 Å². The van der Waals surface area contributed by atoms with E-state index in [0.29, 0.717) is 17.9 Å². The van der Waals surface area contributed by atoms with Crippen LogP contribution < -0.4 is 5.32 Å². The number of rotatable bonds is 8. The van der Waals surface area contributed by atoms with Crippen molar-refractivity contribution in [2.24, 2.45) is 5.92 Å². The Morgan fingerprint density at radius 3 is 2.52 bits per heavy atom. The van der Waals surface area contributed by atoms with E-state index in [1.807, 2.05) is 6.92 Å². The number of esters is 1. The molecule has 21 heavy (non-hydrogen) atoms. The van der Waals surface area contributed by atoms with Crippen LogP contribution in [0, 0.1) is 5.92 Å². The zero-order valence-corrected chi connectivity index (χ0v) is 13.1. The van der Waals surface area contributed by atoms with Crippen molar-refractivity contribution in [3.05, 3.63) is 29.8 Å². The van der Waals surface area contributed by atoms with Gasteiger partial charge in [0.15, 0.2) is 0 Å². The Kier molecular flexibility index (Phi) is 7.51. The van der Waals surface area contributed by atoms with Crippen LogP contribution in [0.5, 0.6) is 0 Å². The molecule has 0 aliphatic carbocycles. The Balaban J connectivity index is 2.82. The summed E-state index contributed by atoms with van der Waals surface area (Å²) in [4.78, 5) is 24.2. The fourth-order valence-electron chi connectivity index (χ4n) is 2.18. The summed E-state index contributed by atoms with van der Waals surface area (Å²) < 4.78 is 5.01. The third-order valence-electron chi connectivity index (χ3n) is 3.45. The molecule has 0 saturated heterocycles. The lowest BCUT2D eigenvalue weighted by Crippen LogP contribution is -2.23. The number of carbonyl (C=O) groups is 2. The van der Waals surface area contributed by atoms with E-state index in [1.165, 1.54) is 0 Å². The average Bonchev–Trinajstić information content (AvgIpc) is 2.48. The van der Waals surface area contributed by atoms with Gasteiger partial charge in [-0.25, -0.2) is 4.79 Å². The first-order valence-corrected chi connectivity index (χ1v) is 7.70. The van der Waals surface area contributed by atoms with Gasteiger partial charge in [0.1, 0.15) is 0 Å². The minimum atomic E-state index is -0.407. The first kappa shape index (κ1) is 17.2. The molecule has 0 spiro atoms. The molecule has 4 nitrogen and oxygen atoms in total. The van der Waals surface area contributed by atoms with Crippen molar-refractivity contribution in [1.29, 1.82) is 0 Å². The standard InChI is InChI=1S/C17H25NO3/c1-4-7-10-13(5-2)16(19)18-15-12-9-8-11-14(15)17(20)21-6-3/h8-9,11-13H,4-7,10H2,1-3H3,(H,18,19). The number of hydrogen-bond donors (Lipinski definition) is 1. The number of ether oxygens (including phenoxy) is 1. The third-order valence-corrected chi connectivity index (χ3v) is 3.45. The van der Waals surface area contributed by atoms with Gasteiger partial charge in [0.2, 0.25) is 5.91 Å². The molecule has 0 bridgehead atoms. The molecule has 0 radical (unpaired) electrons. The smallest absolute Gasteiger partial charge is 0.340 e. The number of para-hydroxylation sites is 1. The maximum atomic E-state index is 12.3. The van der Waals surface area contributed by atoms with Gasteiger partial charge >= 0.3 is 5.97 Å². The van der Waals surface area contributed by atoms with Gasteiger partial charge in [0.05, 0.1) is 17.9 Å². The number of nitrogens with one attached hydrogen (secondary N) is 1. The summed E-state index contributed by atoms with van der Waals surface area (Å²) in [7, 11) is 0. The Labute approximate surface area is 126 Å². The molecular formula is C17H25NO3. The van der Waals surface area contributed by atoms with E-state index in [9.17, 15) is 9.59 Å². The molecule has 1 atom stereocenters. The second-order valence-electron chi connectivity index (χ2n) is 5.00. The summed E-state index contributed by atoms with van der Waals surface area (Å²) in [6, 6.07) is 6.96. The molecule has 1 aromatic rings. The molecule has 0 heterocycles. The molecule has 0 aliphatic rings. The lowest BCUT2D eigenvalue weighted by Gasteiger charge is -2.16. The lowest BCUT2D eigenvalue weighted by atomic mass is 9.98. The maximum absolute atomic E-state index is 12.3. The van der Waals surface area contributed by atoms with Gasteiger partial charge in [0.25, 0.3) is 0 Å². The molecule has 0 saturated carbocycles. The Bertz CT molecular complexity index is 471. The number of carbonyl (C=O) groups excluding carboxylic acids is 2. The predicted octanol–water partition coefficient (Wildman–Crippen LogP) is 4.02. The molecule has 1 rings (SSSR count). The molecule has 0 aliphatic heterocycles. The van der Waals surface area contributed by atoms with Crippen LogP contribution in [-0.4, -0.2) is 18.5 Å². The van der Waals surface area contributed by atoms with E-state index in [1.54, 1.807) is 31.2 Å². The first-order chi connectivity index (χ1) is 10.1. The highest BCUT2D eigenvalue weighted by atomic mass is 16.5. The molecular weight excluding hydrogens is 266 g/mol. The summed E-state index contributed by atoms with van der Waals surface area (Å²) in [6.07, 6.45) is 3.78. The summed E-state index contributed by atoms with van der Waals surface area (Å²) in [5.41, 5.74) is 0.925. The monoisotopic (exact) mass is 291 g/mol. The zero-order valence-electron chi connectivity index (χ0n) is 13.1. The highest BCUT2D eigenvalue weighted by Crippen LogP contribution is 2.20. The Hall–Kier alpha value is -1.84. The first-order valence-electron chi connectivity index (χ1n) is 7.70. The van der Waals surface area contributed by atoms with Crippen molar-refractivity contribution in [2.45, 2.75) is 46.5 Å². The van der Waals surface area contributed by atoms with Crippen molar-refractivity contribution in [2.75, 3.05) is 11.9 Å². The molecule has 0 fully saturated rings. The highest BCUT2D eigenvalue weighted by molar-refractivity contribution is 6.01. The van der Waals surface area contributed by atoms with Crippen LogP contribution in [0.15, 0.2) is 24.3 Å². The quantitative estimate of drug-likeness (QED) is 0.736. The number of benzene rings is 1. The Morgan fingerprint density at radius 1 is 1.19 bits per heavy atom. The van der Waals surface area contributed by atoms with Crippen molar-refractivity contribution in [3.8, 4) is 0 Å². The number of amides is 1. The van der Waals surface area contributed by atoms with Gasteiger partial charge in [-0.3, -0.25) is 4.79 Å². The van der Waals surface area contributed by atoms with Gasteiger partial charge in [-0.15, -0.1) is 0 Å². The predicted molar refractivity (Wildman–Crippen MR) is 84.3 cm³/mol.